The van der Waals surface area contributed by atoms with Crippen LogP contribution in [0.2, 0.25) is 0 Å². The van der Waals surface area contributed by atoms with E-state index in [-0.39, 0.29) is 11.7 Å². The molecule has 0 spiro atoms. The summed E-state index contributed by atoms with van der Waals surface area (Å²) in [6.45, 7) is 3.37. The van der Waals surface area contributed by atoms with Crippen molar-refractivity contribution in [3.63, 3.8) is 0 Å². The molecule has 1 aliphatic heterocycles. The normalized spacial score (nSPS) is 20.9. The minimum absolute atomic E-state index is 0.0949. The van der Waals surface area contributed by atoms with E-state index in [1.54, 1.807) is 0 Å². The van der Waals surface area contributed by atoms with Gasteiger partial charge in [0.05, 0.1) is 6.61 Å². The van der Waals surface area contributed by atoms with Gasteiger partial charge in [-0.2, -0.15) is 0 Å². The Morgan fingerprint density at radius 3 is 2.05 bits per heavy atom. The third kappa shape index (κ3) is 2.37. The highest BCUT2D eigenvalue weighted by Crippen LogP contribution is 2.42. The largest absolute Gasteiger partial charge is 0.353 e. The van der Waals surface area contributed by atoms with E-state index in [0.717, 1.165) is 6.42 Å². The summed E-state index contributed by atoms with van der Waals surface area (Å²) >= 11 is 0. The third-order valence-electron chi connectivity index (χ3n) is 4.04. The maximum absolute atomic E-state index is 5.90. The molecular weight excluding hydrogens is 248 g/mol. The van der Waals surface area contributed by atoms with E-state index in [1.807, 2.05) is 6.92 Å². The summed E-state index contributed by atoms with van der Waals surface area (Å²) in [6, 6.07) is 21.2. The van der Waals surface area contributed by atoms with E-state index in [9.17, 15) is 0 Å². The van der Waals surface area contributed by atoms with E-state index < -0.39 is 0 Å². The molecule has 1 aliphatic rings. The zero-order chi connectivity index (χ0) is 13.8. The minimum atomic E-state index is -0.111. The third-order valence-corrected chi connectivity index (χ3v) is 4.04. The molecule has 0 radical (unpaired) electrons. The molecule has 2 aromatic rings. The maximum Gasteiger partial charge on any atom is 0.158 e. The highest BCUT2D eigenvalue weighted by molar-refractivity contribution is 5.40. The zero-order valence-corrected chi connectivity index (χ0v) is 11.8. The van der Waals surface area contributed by atoms with Gasteiger partial charge in [0.1, 0.15) is 0 Å². The van der Waals surface area contributed by atoms with Crippen LogP contribution in [0, 0.1) is 0 Å². The van der Waals surface area contributed by atoms with Crippen molar-refractivity contribution in [2.45, 2.75) is 25.0 Å². The molecule has 20 heavy (non-hydrogen) atoms. The van der Waals surface area contributed by atoms with Crippen molar-refractivity contribution in [2.75, 3.05) is 13.2 Å². The zero-order valence-electron chi connectivity index (χ0n) is 11.8. The van der Waals surface area contributed by atoms with Gasteiger partial charge in [-0.1, -0.05) is 60.7 Å². The Labute approximate surface area is 120 Å². The van der Waals surface area contributed by atoms with Gasteiger partial charge in [-0.05, 0) is 18.1 Å². The molecule has 1 saturated heterocycles. The summed E-state index contributed by atoms with van der Waals surface area (Å²) in [4.78, 5) is 0. The first kappa shape index (κ1) is 13.3. The van der Waals surface area contributed by atoms with Crippen LogP contribution in [0.25, 0.3) is 0 Å². The predicted octanol–water partition coefficient (Wildman–Crippen LogP) is 3.76. The Kier molecular flexibility index (Phi) is 3.86. The SMILES string of the molecule is CCOC1CC(c2ccccc2)(c2ccccc2)CO1. The van der Waals surface area contributed by atoms with Crippen molar-refractivity contribution in [1.82, 2.24) is 0 Å². The number of hydrogen-bond acceptors (Lipinski definition) is 2. The number of ether oxygens (including phenoxy) is 2. The van der Waals surface area contributed by atoms with Crippen LogP contribution in [0.3, 0.4) is 0 Å². The Bertz CT molecular complexity index is 496. The van der Waals surface area contributed by atoms with Crippen molar-refractivity contribution < 1.29 is 9.47 Å². The molecule has 104 valence electrons. The molecule has 0 saturated carbocycles. The lowest BCUT2D eigenvalue weighted by Gasteiger charge is -2.28. The second-order valence-electron chi connectivity index (χ2n) is 5.21. The van der Waals surface area contributed by atoms with Crippen LogP contribution in [0.4, 0.5) is 0 Å². The van der Waals surface area contributed by atoms with Crippen LogP contribution in [-0.4, -0.2) is 19.5 Å². The van der Waals surface area contributed by atoms with E-state index in [4.69, 9.17) is 9.47 Å². The van der Waals surface area contributed by atoms with Crippen LogP contribution in [0.15, 0.2) is 60.7 Å². The molecular formula is C18H20O2. The Morgan fingerprint density at radius 2 is 1.55 bits per heavy atom. The standard InChI is InChI=1S/C18H20O2/c1-2-19-17-13-18(14-20-17,15-9-5-3-6-10-15)16-11-7-4-8-12-16/h3-12,17H,2,13-14H2,1H3. The second kappa shape index (κ2) is 5.78. The van der Waals surface area contributed by atoms with E-state index in [2.05, 4.69) is 60.7 Å². The topological polar surface area (TPSA) is 18.5 Å². The Hall–Kier alpha value is -1.64. The van der Waals surface area contributed by atoms with Gasteiger partial charge in [0, 0.05) is 18.4 Å². The van der Waals surface area contributed by atoms with Crippen molar-refractivity contribution in [3.05, 3.63) is 71.8 Å². The molecule has 0 aliphatic carbocycles. The summed E-state index contributed by atoms with van der Waals surface area (Å²) in [5.41, 5.74) is 2.50. The molecule has 0 bridgehead atoms. The van der Waals surface area contributed by atoms with Gasteiger partial charge in [-0.3, -0.25) is 0 Å². The maximum atomic E-state index is 5.90. The number of rotatable bonds is 4. The molecule has 3 rings (SSSR count). The summed E-state index contributed by atoms with van der Waals surface area (Å²) in [7, 11) is 0. The van der Waals surface area contributed by atoms with Gasteiger partial charge in [-0.15, -0.1) is 0 Å². The van der Waals surface area contributed by atoms with E-state index in [0.29, 0.717) is 13.2 Å². The fourth-order valence-electron chi connectivity index (χ4n) is 3.01. The summed E-state index contributed by atoms with van der Waals surface area (Å²) in [5.74, 6) is 0. The molecule has 2 aromatic carbocycles. The first-order valence-electron chi connectivity index (χ1n) is 7.19. The van der Waals surface area contributed by atoms with Crippen molar-refractivity contribution in [1.29, 1.82) is 0 Å². The molecule has 1 fully saturated rings. The molecule has 2 heteroatoms. The van der Waals surface area contributed by atoms with E-state index >= 15 is 0 Å². The lowest BCUT2D eigenvalue weighted by Crippen LogP contribution is -2.28. The van der Waals surface area contributed by atoms with Crippen LogP contribution >= 0.6 is 0 Å². The molecule has 1 unspecified atom stereocenters. The fraction of sp³-hybridized carbons (Fsp3) is 0.333. The summed E-state index contributed by atoms with van der Waals surface area (Å²) in [5, 5.41) is 0. The quantitative estimate of drug-likeness (QED) is 0.840. The van der Waals surface area contributed by atoms with Gasteiger partial charge < -0.3 is 9.47 Å². The lowest BCUT2D eigenvalue weighted by molar-refractivity contribution is -0.106. The molecule has 2 nitrogen and oxygen atoms in total. The van der Waals surface area contributed by atoms with Gasteiger partial charge in [0.25, 0.3) is 0 Å². The van der Waals surface area contributed by atoms with Crippen LogP contribution < -0.4 is 0 Å². The average molecular weight is 268 g/mol. The predicted molar refractivity (Wildman–Crippen MR) is 79.6 cm³/mol. The summed E-state index contributed by atoms with van der Waals surface area (Å²) in [6.07, 6.45) is 0.759. The van der Waals surface area contributed by atoms with Gasteiger partial charge in [0.15, 0.2) is 6.29 Å². The number of benzene rings is 2. The van der Waals surface area contributed by atoms with Crippen LogP contribution in [-0.2, 0) is 14.9 Å². The smallest absolute Gasteiger partial charge is 0.158 e. The highest BCUT2D eigenvalue weighted by atomic mass is 16.7. The van der Waals surface area contributed by atoms with Crippen molar-refractivity contribution in [2.24, 2.45) is 0 Å². The Balaban J connectivity index is 2.01. The first-order valence-corrected chi connectivity index (χ1v) is 7.19. The first-order chi connectivity index (χ1) is 9.85. The monoisotopic (exact) mass is 268 g/mol. The average Bonchev–Trinajstić information content (AvgIpc) is 2.95. The van der Waals surface area contributed by atoms with Gasteiger partial charge >= 0.3 is 0 Å². The Morgan fingerprint density at radius 1 is 1.00 bits per heavy atom. The van der Waals surface area contributed by atoms with Gasteiger partial charge in [-0.25, -0.2) is 0 Å². The van der Waals surface area contributed by atoms with Gasteiger partial charge in [0.2, 0.25) is 0 Å². The molecule has 1 atom stereocenters. The van der Waals surface area contributed by atoms with Crippen molar-refractivity contribution in [3.8, 4) is 0 Å². The van der Waals surface area contributed by atoms with Crippen LogP contribution in [0.5, 0.6) is 0 Å². The summed E-state index contributed by atoms with van der Waals surface area (Å²) < 4.78 is 11.6. The molecule has 1 heterocycles. The molecule has 0 N–H and O–H groups in total. The molecule has 0 amide bonds. The minimum Gasteiger partial charge on any atom is -0.353 e. The van der Waals surface area contributed by atoms with Crippen molar-refractivity contribution >= 4 is 0 Å². The number of hydrogen-bond donors (Lipinski definition) is 0. The lowest BCUT2D eigenvalue weighted by atomic mass is 9.74. The fourth-order valence-corrected chi connectivity index (χ4v) is 3.01. The second-order valence-corrected chi connectivity index (χ2v) is 5.21. The molecule has 0 aromatic heterocycles. The van der Waals surface area contributed by atoms with E-state index in [1.165, 1.54) is 11.1 Å². The van der Waals surface area contributed by atoms with Crippen LogP contribution in [0.1, 0.15) is 24.5 Å². The highest BCUT2D eigenvalue weighted by Gasteiger charge is 2.43.